The van der Waals surface area contributed by atoms with Gasteiger partial charge in [-0.25, -0.2) is 0 Å². The summed E-state index contributed by atoms with van der Waals surface area (Å²) in [5.74, 6) is 0.485. The van der Waals surface area contributed by atoms with Crippen LogP contribution < -0.4 is 0 Å². The van der Waals surface area contributed by atoms with Crippen LogP contribution >= 0.6 is 0 Å². The molecular formula is C17H30O2Si2. The molecule has 1 aromatic rings. The summed E-state index contributed by atoms with van der Waals surface area (Å²) >= 11 is 0. The molecule has 1 fully saturated rings. The van der Waals surface area contributed by atoms with Crippen LogP contribution in [0.2, 0.25) is 39.3 Å². The van der Waals surface area contributed by atoms with Gasteiger partial charge in [0.1, 0.15) is 0 Å². The fourth-order valence-electron chi connectivity index (χ4n) is 3.03. The molecule has 0 spiro atoms. The van der Waals surface area contributed by atoms with Gasteiger partial charge in [-0.1, -0.05) is 30.3 Å². The van der Waals surface area contributed by atoms with Crippen molar-refractivity contribution in [3.05, 3.63) is 35.9 Å². The molecule has 0 amide bonds. The van der Waals surface area contributed by atoms with Crippen LogP contribution in [-0.4, -0.2) is 22.2 Å². The van der Waals surface area contributed by atoms with Crippen molar-refractivity contribution in [2.75, 3.05) is 0 Å². The zero-order chi connectivity index (χ0) is 15.9. The van der Waals surface area contributed by atoms with E-state index in [4.69, 9.17) is 8.85 Å². The molecule has 1 saturated carbocycles. The Kier molecular flexibility index (Phi) is 4.56. The van der Waals surface area contributed by atoms with Crippen molar-refractivity contribution in [3.8, 4) is 0 Å². The second-order valence-corrected chi connectivity index (χ2v) is 17.3. The summed E-state index contributed by atoms with van der Waals surface area (Å²) < 4.78 is 13.0. The second kappa shape index (κ2) is 5.65. The summed E-state index contributed by atoms with van der Waals surface area (Å²) in [6.45, 7) is 15.9. The molecule has 3 atom stereocenters. The van der Waals surface area contributed by atoms with Gasteiger partial charge in [-0.3, -0.25) is 0 Å². The Bertz CT molecular complexity index is 476. The lowest BCUT2D eigenvalue weighted by Gasteiger charge is -2.31. The van der Waals surface area contributed by atoms with E-state index < -0.39 is 16.6 Å². The topological polar surface area (TPSA) is 18.5 Å². The highest BCUT2D eigenvalue weighted by Crippen LogP contribution is 2.56. The first-order valence-electron chi connectivity index (χ1n) is 7.93. The van der Waals surface area contributed by atoms with Crippen LogP contribution in [0, 0.1) is 5.92 Å². The van der Waals surface area contributed by atoms with E-state index in [1.807, 2.05) is 0 Å². The third-order valence-electron chi connectivity index (χ3n) is 3.76. The maximum absolute atomic E-state index is 6.53. The molecule has 1 aliphatic carbocycles. The standard InChI is InChI=1S/C17H30O2Si2/c1-17(19-21(5,6)7)13-15(17)16(18-20(2,3)4)14-11-9-8-10-12-14/h8-12,15-16H,13H2,1-7H3. The van der Waals surface area contributed by atoms with Crippen molar-refractivity contribution < 1.29 is 8.85 Å². The molecule has 0 radical (unpaired) electrons. The van der Waals surface area contributed by atoms with Crippen LogP contribution in [0.5, 0.6) is 0 Å². The third-order valence-corrected chi connectivity index (χ3v) is 5.80. The van der Waals surface area contributed by atoms with Gasteiger partial charge in [-0.15, -0.1) is 0 Å². The summed E-state index contributed by atoms with van der Waals surface area (Å²) in [7, 11) is -3.11. The monoisotopic (exact) mass is 322 g/mol. The highest BCUT2D eigenvalue weighted by Gasteiger charge is 2.57. The average molecular weight is 323 g/mol. The molecule has 118 valence electrons. The van der Waals surface area contributed by atoms with Gasteiger partial charge in [-0.05, 0) is 58.2 Å². The quantitative estimate of drug-likeness (QED) is 0.669. The molecule has 0 saturated heterocycles. The van der Waals surface area contributed by atoms with Crippen LogP contribution in [0.3, 0.4) is 0 Å². The lowest BCUT2D eigenvalue weighted by Crippen LogP contribution is -2.35. The molecule has 2 rings (SSSR count). The molecule has 21 heavy (non-hydrogen) atoms. The maximum atomic E-state index is 6.53. The lowest BCUT2D eigenvalue weighted by atomic mass is 10.0. The molecule has 1 aliphatic rings. The maximum Gasteiger partial charge on any atom is 0.184 e. The predicted molar refractivity (Wildman–Crippen MR) is 94.6 cm³/mol. The fraction of sp³-hybridized carbons (Fsp3) is 0.647. The van der Waals surface area contributed by atoms with Crippen LogP contribution in [0.25, 0.3) is 0 Å². The molecule has 4 heteroatoms. The van der Waals surface area contributed by atoms with E-state index in [0.29, 0.717) is 5.92 Å². The first kappa shape index (κ1) is 16.9. The summed E-state index contributed by atoms with van der Waals surface area (Å²) in [5.41, 5.74) is 1.30. The predicted octanol–water partition coefficient (Wildman–Crippen LogP) is 5.21. The zero-order valence-corrected chi connectivity index (χ0v) is 16.6. The van der Waals surface area contributed by atoms with E-state index in [1.165, 1.54) is 5.56 Å². The minimum atomic E-state index is -1.59. The van der Waals surface area contributed by atoms with E-state index in [0.717, 1.165) is 6.42 Å². The smallest absolute Gasteiger partial charge is 0.184 e. The summed E-state index contributed by atoms with van der Waals surface area (Å²) in [6.07, 6.45) is 1.29. The first-order chi connectivity index (χ1) is 9.50. The highest BCUT2D eigenvalue weighted by atomic mass is 28.4. The van der Waals surface area contributed by atoms with Crippen molar-refractivity contribution in [1.29, 1.82) is 0 Å². The normalized spacial score (nSPS) is 27.5. The molecule has 1 aromatic carbocycles. The van der Waals surface area contributed by atoms with E-state index in [9.17, 15) is 0 Å². The molecule has 0 aliphatic heterocycles. The minimum Gasteiger partial charge on any atom is -0.412 e. The first-order valence-corrected chi connectivity index (χ1v) is 14.7. The number of hydrogen-bond donors (Lipinski definition) is 0. The van der Waals surface area contributed by atoms with Crippen molar-refractivity contribution in [3.63, 3.8) is 0 Å². The van der Waals surface area contributed by atoms with Gasteiger partial charge in [0.05, 0.1) is 11.7 Å². The van der Waals surface area contributed by atoms with Gasteiger partial charge in [-0.2, -0.15) is 0 Å². The number of benzene rings is 1. The van der Waals surface area contributed by atoms with E-state index >= 15 is 0 Å². The average Bonchev–Trinajstić information content (AvgIpc) is 2.94. The number of hydrogen-bond acceptors (Lipinski definition) is 2. The second-order valence-electron chi connectivity index (χ2n) is 8.40. The Morgan fingerprint density at radius 2 is 1.57 bits per heavy atom. The summed E-state index contributed by atoms with van der Waals surface area (Å²) in [6, 6.07) is 10.7. The Morgan fingerprint density at radius 3 is 2.05 bits per heavy atom. The Hall–Kier alpha value is -0.426. The fourth-order valence-corrected chi connectivity index (χ4v) is 5.72. The highest BCUT2D eigenvalue weighted by molar-refractivity contribution is 6.70. The Balaban J connectivity index is 2.19. The molecule has 2 nitrogen and oxygen atoms in total. The minimum absolute atomic E-state index is 0.00459. The van der Waals surface area contributed by atoms with Gasteiger partial charge >= 0.3 is 0 Å². The van der Waals surface area contributed by atoms with Crippen LogP contribution in [0.1, 0.15) is 25.0 Å². The molecule has 0 N–H and O–H groups in total. The Labute approximate surface area is 132 Å². The van der Waals surface area contributed by atoms with E-state index in [1.54, 1.807) is 0 Å². The molecule has 3 unspecified atom stereocenters. The van der Waals surface area contributed by atoms with Crippen molar-refractivity contribution >= 4 is 16.6 Å². The van der Waals surface area contributed by atoms with Gasteiger partial charge in [0.15, 0.2) is 16.6 Å². The van der Waals surface area contributed by atoms with Gasteiger partial charge < -0.3 is 8.85 Å². The van der Waals surface area contributed by atoms with E-state index in [-0.39, 0.29) is 11.7 Å². The largest absolute Gasteiger partial charge is 0.412 e. The van der Waals surface area contributed by atoms with Gasteiger partial charge in [0.25, 0.3) is 0 Å². The lowest BCUT2D eigenvalue weighted by molar-refractivity contribution is 0.103. The van der Waals surface area contributed by atoms with Crippen LogP contribution in [0.15, 0.2) is 30.3 Å². The third kappa shape index (κ3) is 4.78. The molecule has 0 bridgehead atoms. The summed E-state index contributed by atoms with van der Waals surface area (Å²) in [5, 5.41) is 0. The van der Waals surface area contributed by atoms with Crippen LogP contribution in [0.4, 0.5) is 0 Å². The number of rotatable bonds is 6. The van der Waals surface area contributed by atoms with Crippen molar-refractivity contribution in [1.82, 2.24) is 0 Å². The molecular weight excluding hydrogens is 292 g/mol. The van der Waals surface area contributed by atoms with Gasteiger partial charge in [0.2, 0.25) is 0 Å². The van der Waals surface area contributed by atoms with E-state index in [2.05, 4.69) is 76.5 Å². The zero-order valence-electron chi connectivity index (χ0n) is 14.6. The molecule has 0 heterocycles. The van der Waals surface area contributed by atoms with Crippen LogP contribution in [-0.2, 0) is 8.85 Å². The van der Waals surface area contributed by atoms with Crippen molar-refractivity contribution in [2.24, 2.45) is 5.92 Å². The van der Waals surface area contributed by atoms with Gasteiger partial charge in [0, 0.05) is 5.92 Å². The Morgan fingerprint density at radius 1 is 1.00 bits per heavy atom. The summed E-state index contributed by atoms with van der Waals surface area (Å²) in [4.78, 5) is 0. The SMILES string of the molecule is CC1(O[Si](C)(C)C)CC1C(O[Si](C)(C)C)c1ccccc1. The molecule has 0 aromatic heterocycles. The van der Waals surface area contributed by atoms with Crippen molar-refractivity contribution in [2.45, 2.75) is 64.3 Å².